The number of aryl methyl sites for hydroxylation is 1. The van der Waals surface area contributed by atoms with E-state index in [2.05, 4.69) is 10.3 Å². The fourth-order valence-electron chi connectivity index (χ4n) is 2.35. The molecule has 1 atom stereocenters. The molecular formula is C15H15N3O2S. The van der Waals surface area contributed by atoms with Crippen molar-refractivity contribution in [3.8, 4) is 0 Å². The molecule has 2 heterocycles. The lowest BCUT2D eigenvalue weighted by Gasteiger charge is -2.22. The van der Waals surface area contributed by atoms with Gasteiger partial charge in [0.2, 0.25) is 5.91 Å². The highest BCUT2D eigenvalue weighted by Gasteiger charge is 2.33. The average molecular weight is 301 g/mol. The fourth-order valence-corrected chi connectivity index (χ4v) is 3.04. The summed E-state index contributed by atoms with van der Waals surface area (Å²) in [5.41, 5.74) is 2.52. The molecule has 1 N–H and O–H groups in total. The van der Waals surface area contributed by atoms with Gasteiger partial charge in [-0.1, -0.05) is 18.2 Å². The monoisotopic (exact) mass is 301 g/mol. The van der Waals surface area contributed by atoms with Crippen LogP contribution in [0.15, 0.2) is 29.6 Å². The van der Waals surface area contributed by atoms with E-state index in [0.717, 1.165) is 11.3 Å². The first kappa shape index (κ1) is 13.8. The number of rotatable bonds is 3. The summed E-state index contributed by atoms with van der Waals surface area (Å²) < 4.78 is 0. The molecule has 6 heteroatoms. The van der Waals surface area contributed by atoms with Crippen LogP contribution in [0.3, 0.4) is 0 Å². The van der Waals surface area contributed by atoms with Gasteiger partial charge in [0.25, 0.3) is 5.91 Å². The summed E-state index contributed by atoms with van der Waals surface area (Å²) in [5, 5.41) is 5.20. The van der Waals surface area contributed by atoms with Crippen LogP contribution >= 0.6 is 11.3 Å². The Bertz CT molecular complexity index is 710. The Labute approximate surface area is 126 Å². The highest BCUT2D eigenvalue weighted by molar-refractivity contribution is 7.13. The first-order chi connectivity index (χ1) is 10.1. The van der Waals surface area contributed by atoms with Crippen molar-refractivity contribution in [1.82, 2.24) is 9.88 Å². The van der Waals surface area contributed by atoms with E-state index in [-0.39, 0.29) is 11.8 Å². The predicted octanol–water partition coefficient (Wildman–Crippen LogP) is 2.43. The molecule has 1 aliphatic heterocycles. The van der Waals surface area contributed by atoms with Crippen LogP contribution in [0.25, 0.3) is 0 Å². The van der Waals surface area contributed by atoms with E-state index in [9.17, 15) is 9.59 Å². The van der Waals surface area contributed by atoms with Crippen molar-refractivity contribution in [2.45, 2.75) is 26.4 Å². The number of benzene rings is 1. The third kappa shape index (κ3) is 2.54. The molecule has 1 aliphatic rings. The first-order valence-electron chi connectivity index (χ1n) is 6.68. The molecule has 0 fully saturated rings. The van der Waals surface area contributed by atoms with Crippen molar-refractivity contribution in [1.29, 1.82) is 0 Å². The molecule has 1 aromatic carbocycles. The zero-order valence-corrected chi connectivity index (χ0v) is 12.6. The van der Waals surface area contributed by atoms with Crippen molar-refractivity contribution in [3.05, 3.63) is 46.5 Å². The number of thiazole rings is 1. The van der Waals surface area contributed by atoms with Gasteiger partial charge in [-0.15, -0.1) is 11.3 Å². The number of hydrogen-bond donors (Lipinski definition) is 1. The number of hydrogen-bond acceptors (Lipinski definition) is 4. The average Bonchev–Trinajstić information content (AvgIpc) is 3.03. The van der Waals surface area contributed by atoms with Crippen LogP contribution in [0.4, 0.5) is 5.13 Å². The molecule has 5 nitrogen and oxygen atoms in total. The first-order valence-corrected chi connectivity index (χ1v) is 7.56. The van der Waals surface area contributed by atoms with Gasteiger partial charge in [0.15, 0.2) is 5.13 Å². The maximum atomic E-state index is 12.3. The van der Waals surface area contributed by atoms with Crippen LogP contribution in [0.5, 0.6) is 0 Å². The van der Waals surface area contributed by atoms with Crippen molar-refractivity contribution in [2.75, 3.05) is 5.32 Å². The van der Waals surface area contributed by atoms with Crippen molar-refractivity contribution >= 4 is 28.3 Å². The topological polar surface area (TPSA) is 62.3 Å². The minimum absolute atomic E-state index is 0.0939. The normalized spacial score (nSPS) is 15.0. The Kier molecular flexibility index (Phi) is 3.47. The predicted molar refractivity (Wildman–Crippen MR) is 81.3 cm³/mol. The number of nitrogens with one attached hydrogen (secondary N) is 1. The Morgan fingerprint density at radius 1 is 1.43 bits per heavy atom. The minimum atomic E-state index is -0.533. The second kappa shape index (κ2) is 5.29. The summed E-state index contributed by atoms with van der Waals surface area (Å²) >= 11 is 1.38. The van der Waals surface area contributed by atoms with E-state index in [1.807, 2.05) is 30.5 Å². The zero-order valence-electron chi connectivity index (χ0n) is 11.8. The second-order valence-corrected chi connectivity index (χ2v) is 5.91. The quantitative estimate of drug-likeness (QED) is 0.947. The highest BCUT2D eigenvalue weighted by atomic mass is 32.1. The number of fused-ring (bicyclic) bond motifs is 1. The summed E-state index contributed by atoms with van der Waals surface area (Å²) in [6, 6.07) is 6.92. The maximum Gasteiger partial charge on any atom is 0.255 e. The Morgan fingerprint density at radius 3 is 2.86 bits per heavy atom. The molecule has 0 saturated carbocycles. The zero-order chi connectivity index (χ0) is 15.0. The number of nitrogens with zero attached hydrogens (tertiary/aromatic N) is 2. The number of anilines is 1. The van der Waals surface area contributed by atoms with Gasteiger partial charge in [-0.05, 0) is 25.5 Å². The lowest BCUT2D eigenvalue weighted by Crippen LogP contribution is -2.42. The molecule has 1 aromatic heterocycles. The Morgan fingerprint density at radius 2 is 2.19 bits per heavy atom. The molecule has 3 rings (SSSR count). The smallest absolute Gasteiger partial charge is 0.255 e. The van der Waals surface area contributed by atoms with Crippen molar-refractivity contribution in [3.63, 3.8) is 0 Å². The SMILES string of the molecule is Cc1csc(NC(=O)C(C)N2Cc3ccccc3C2=O)n1. The van der Waals surface area contributed by atoms with Gasteiger partial charge in [-0.3, -0.25) is 9.59 Å². The summed E-state index contributed by atoms with van der Waals surface area (Å²) in [6.45, 7) is 4.08. The van der Waals surface area contributed by atoms with Gasteiger partial charge in [0, 0.05) is 17.5 Å². The van der Waals surface area contributed by atoms with E-state index in [4.69, 9.17) is 0 Å². The van der Waals surface area contributed by atoms with Gasteiger partial charge >= 0.3 is 0 Å². The van der Waals surface area contributed by atoms with Gasteiger partial charge < -0.3 is 10.2 Å². The number of carbonyl (C=O) groups excluding carboxylic acids is 2. The van der Waals surface area contributed by atoms with E-state index in [1.165, 1.54) is 11.3 Å². The molecule has 1 unspecified atom stereocenters. The van der Waals surface area contributed by atoms with Gasteiger partial charge in [-0.25, -0.2) is 4.98 Å². The third-order valence-corrected chi connectivity index (χ3v) is 4.42. The van der Waals surface area contributed by atoms with Crippen LogP contribution in [-0.2, 0) is 11.3 Å². The van der Waals surface area contributed by atoms with Crippen LogP contribution in [0, 0.1) is 6.92 Å². The molecule has 21 heavy (non-hydrogen) atoms. The standard InChI is InChI=1S/C15H15N3O2S/c1-9-8-21-15(16-9)17-13(19)10(2)18-7-11-5-3-4-6-12(11)14(18)20/h3-6,8,10H,7H2,1-2H3,(H,16,17,19). The second-order valence-electron chi connectivity index (χ2n) is 5.05. The van der Waals surface area contributed by atoms with Crippen LogP contribution < -0.4 is 5.32 Å². The molecular weight excluding hydrogens is 286 g/mol. The number of amides is 2. The van der Waals surface area contributed by atoms with Crippen LogP contribution in [0.2, 0.25) is 0 Å². The number of carbonyl (C=O) groups is 2. The van der Waals surface area contributed by atoms with Crippen LogP contribution in [0.1, 0.15) is 28.5 Å². The lowest BCUT2D eigenvalue weighted by molar-refractivity contribution is -0.120. The highest BCUT2D eigenvalue weighted by Crippen LogP contribution is 2.25. The summed E-state index contributed by atoms with van der Waals surface area (Å²) in [4.78, 5) is 30.4. The van der Waals surface area contributed by atoms with E-state index in [0.29, 0.717) is 17.2 Å². The lowest BCUT2D eigenvalue weighted by atomic mass is 10.1. The molecule has 0 bridgehead atoms. The molecule has 2 aromatic rings. The Hall–Kier alpha value is -2.21. The molecule has 0 saturated heterocycles. The van der Waals surface area contributed by atoms with Gasteiger partial charge in [0.05, 0.1) is 5.69 Å². The summed E-state index contributed by atoms with van der Waals surface area (Å²) in [5.74, 6) is -0.311. The Balaban J connectivity index is 1.73. The van der Waals surface area contributed by atoms with E-state index < -0.39 is 6.04 Å². The summed E-state index contributed by atoms with van der Waals surface area (Å²) in [6.07, 6.45) is 0. The molecule has 2 amide bonds. The van der Waals surface area contributed by atoms with E-state index in [1.54, 1.807) is 17.9 Å². The largest absolute Gasteiger partial charge is 0.323 e. The number of aromatic nitrogens is 1. The molecule has 108 valence electrons. The minimum Gasteiger partial charge on any atom is -0.323 e. The van der Waals surface area contributed by atoms with Crippen molar-refractivity contribution in [2.24, 2.45) is 0 Å². The molecule has 0 radical (unpaired) electrons. The van der Waals surface area contributed by atoms with Gasteiger partial charge in [0.1, 0.15) is 6.04 Å². The molecule has 0 aliphatic carbocycles. The third-order valence-electron chi connectivity index (χ3n) is 3.55. The van der Waals surface area contributed by atoms with Crippen LogP contribution in [-0.4, -0.2) is 27.7 Å². The van der Waals surface area contributed by atoms with Gasteiger partial charge in [-0.2, -0.15) is 0 Å². The fraction of sp³-hybridized carbons (Fsp3) is 0.267. The van der Waals surface area contributed by atoms with E-state index >= 15 is 0 Å². The maximum absolute atomic E-state index is 12.3. The molecule has 0 spiro atoms. The summed E-state index contributed by atoms with van der Waals surface area (Å²) in [7, 11) is 0. The van der Waals surface area contributed by atoms with Crippen molar-refractivity contribution < 1.29 is 9.59 Å².